The third kappa shape index (κ3) is 2.78. The van der Waals surface area contributed by atoms with E-state index in [-0.39, 0.29) is 5.91 Å². The van der Waals surface area contributed by atoms with Gasteiger partial charge in [-0.1, -0.05) is 23.4 Å². The molecule has 7 nitrogen and oxygen atoms in total. The van der Waals surface area contributed by atoms with Crippen LogP contribution >= 0.6 is 0 Å². The van der Waals surface area contributed by atoms with Crippen LogP contribution < -0.4 is 5.32 Å². The summed E-state index contributed by atoms with van der Waals surface area (Å²) in [6.07, 6.45) is 3.67. The second-order valence-electron chi connectivity index (χ2n) is 5.57. The number of nitrogens with zero attached hydrogens (tertiary/aromatic N) is 5. The smallest absolute Gasteiger partial charge is 0.234 e. The van der Waals surface area contributed by atoms with Crippen LogP contribution in [0.5, 0.6) is 0 Å². The van der Waals surface area contributed by atoms with Gasteiger partial charge >= 0.3 is 0 Å². The van der Waals surface area contributed by atoms with Crippen LogP contribution in [0.4, 0.5) is 0 Å². The van der Waals surface area contributed by atoms with Gasteiger partial charge in [0.25, 0.3) is 0 Å². The van der Waals surface area contributed by atoms with Crippen LogP contribution in [0.15, 0.2) is 42.7 Å². The molecule has 0 saturated carbocycles. The van der Waals surface area contributed by atoms with E-state index >= 15 is 0 Å². The van der Waals surface area contributed by atoms with Gasteiger partial charge in [0, 0.05) is 31.2 Å². The van der Waals surface area contributed by atoms with Crippen molar-refractivity contribution in [2.24, 2.45) is 0 Å². The lowest BCUT2D eigenvalue weighted by Crippen LogP contribution is -2.47. The lowest BCUT2D eigenvalue weighted by Gasteiger charge is -2.25. The fraction of sp³-hybridized carbons (Fsp3) is 0.250. The lowest BCUT2D eigenvalue weighted by atomic mass is 10.2. The van der Waals surface area contributed by atoms with Gasteiger partial charge in [0.05, 0.1) is 29.6 Å². The molecule has 116 valence electrons. The number of aromatic nitrogens is 4. The van der Waals surface area contributed by atoms with Crippen LogP contribution in [-0.2, 0) is 11.3 Å². The first kappa shape index (κ1) is 13.8. The largest absolute Gasteiger partial charge is 0.354 e. The van der Waals surface area contributed by atoms with E-state index in [1.54, 1.807) is 10.9 Å². The number of nitrogens with one attached hydrogen (secondary N) is 1. The van der Waals surface area contributed by atoms with Crippen molar-refractivity contribution in [2.75, 3.05) is 19.6 Å². The number of carbonyl (C=O) groups excluding carboxylic acids is 1. The van der Waals surface area contributed by atoms with Crippen molar-refractivity contribution in [1.82, 2.24) is 30.2 Å². The van der Waals surface area contributed by atoms with Gasteiger partial charge in [0.15, 0.2) is 0 Å². The molecular weight excluding hydrogens is 292 g/mol. The third-order valence-electron chi connectivity index (χ3n) is 3.90. The number of rotatable bonds is 3. The molecule has 1 amide bonds. The van der Waals surface area contributed by atoms with Gasteiger partial charge in [-0.25, -0.2) is 4.68 Å². The van der Waals surface area contributed by atoms with E-state index in [0.717, 1.165) is 28.8 Å². The number of carbonyl (C=O) groups is 1. The van der Waals surface area contributed by atoms with Crippen molar-refractivity contribution in [3.05, 3.63) is 48.4 Å². The molecule has 1 saturated heterocycles. The van der Waals surface area contributed by atoms with Crippen molar-refractivity contribution in [3.63, 3.8) is 0 Å². The Kier molecular flexibility index (Phi) is 3.47. The highest BCUT2D eigenvalue weighted by molar-refractivity contribution is 5.86. The highest BCUT2D eigenvalue weighted by Crippen LogP contribution is 2.19. The van der Waals surface area contributed by atoms with E-state index in [1.165, 1.54) is 0 Å². The van der Waals surface area contributed by atoms with Crippen molar-refractivity contribution in [3.8, 4) is 5.69 Å². The predicted octanol–water partition coefficient (Wildman–Crippen LogP) is 0.747. The van der Waals surface area contributed by atoms with Crippen LogP contribution in [0.3, 0.4) is 0 Å². The average molecular weight is 308 g/mol. The zero-order valence-electron chi connectivity index (χ0n) is 12.5. The Bertz CT molecular complexity index is 853. The predicted molar refractivity (Wildman–Crippen MR) is 84.9 cm³/mol. The van der Waals surface area contributed by atoms with Crippen molar-refractivity contribution < 1.29 is 4.79 Å². The molecule has 0 bridgehead atoms. The zero-order valence-corrected chi connectivity index (χ0v) is 12.5. The summed E-state index contributed by atoms with van der Waals surface area (Å²) in [6, 6.07) is 9.92. The Morgan fingerprint density at radius 2 is 2.13 bits per heavy atom. The van der Waals surface area contributed by atoms with E-state index < -0.39 is 0 Å². The fourth-order valence-corrected chi connectivity index (χ4v) is 2.82. The molecule has 0 spiro atoms. The standard InChI is InChI=1S/C16H16N6O/c23-15-11-21(8-7-17-15)9-13-10-22(20-19-13)14-5-1-3-12-4-2-6-18-16(12)14/h1-6,10H,7-9,11H2,(H,17,23). The summed E-state index contributed by atoms with van der Waals surface area (Å²) in [5, 5.41) is 12.3. The molecule has 1 aliphatic heterocycles. The number of hydrogen-bond donors (Lipinski definition) is 1. The SMILES string of the molecule is O=C1CN(Cc2cn(-c3cccc4cccnc34)nn2)CCN1. The molecule has 7 heteroatoms. The molecule has 1 N–H and O–H groups in total. The van der Waals surface area contributed by atoms with Gasteiger partial charge < -0.3 is 5.32 Å². The number of piperazine rings is 1. The minimum Gasteiger partial charge on any atom is -0.354 e. The number of amides is 1. The van der Waals surface area contributed by atoms with Gasteiger partial charge in [-0.05, 0) is 12.1 Å². The minimum absolute atomic E-state index is 0.0573. The molecule has 1 aliphatic rings. The van der Waals surface area contributed by atoms with Gasteiger partial charge in [0.1, 0.15) is 0 Å². The topological polar surface area (TPSA) is 75.9 Å². The molecule has 3 heterocycles. The molecule has 0 unspecified atom stereocenters. The highest BCUT2D eigenvalue weighted by Gasteiger charge is 2.17. The van der Waals surface area contributed by atoms with E-state index in [0.29, 0.717) is 19.6 Å². The van der Waals surface area contributed by atoms with Crippen LogP contribution in [-0.4, -0.2) is 50.4 Å². The summed E-state index contributed by atoms with van der Waals surface area (Å²) in [5.74, 6) is 0.0573. The van der Waals surface area contributed by atoms with E-state index in [4.69, 9.17) is 0 Å². The molecule has 23 heavy (non-hydrogen) atoms. The summed E-state index contributed by atoms with van der Waals surface area (Å²) < 4.78 is 1.74. The number of fused-ring (bicyclic) bond motifs is 1. The van der Waals surface area contributed by atoms with Crippen LogP contribution in [0.25, 0.3) is 16.6 Å². The molecular formula is C16H16N6O. The Hall–Kier alpha value is -2.80. The molecule has 1 fully saturated rings. The van der Waals surface area contributed by atoms with Crippen molar-refractivity contribution in [1.29, 1.82) is 0 Å². The van der Waals surface area contributed by atoms with E-state index in [9.17, 15) is 4.79 Å². The maximum Gasteiger partial charge on any atom is 0.234 e. The fourth-order valence-electron chi connectivity index (χ4n) is 2.82. The molecule has 1 aromatic carbocycles. The Balaban J connectivity index is 1.61. The molecule has 0 aliphatic carbocycles. The second kappa shape index (κ2) is 5.77. The maximum atomic E-state index is 11.4. The molecule has 4 rings (SSSR count). The highest BCUT2D eigenvalue weighted by atomic mass is 16.2. The quantitative estimate of drug-likeness (QED) is 0.772. The van der Waals surface area contributed by atoms with Gasteiger partial charge in [-0.3, -0.25) is 14.7 Å². The van der Waals surface area contributed by atoms with Crippen LogP contribution in [0, 0.1) is 0 Å². The third-order valence-corrected chi connectivity index (χ3v) is 3.90. The zero-order chi connectivity index (χ0) is 15.6. The first-order chi connectivity index (χ1) is 11.3. The first-order valence-corrected chi connectivity index (χ1v) is 7.54. The van der Waals surface area contributed by atoms with E-state index in [1.807, 2.05) is 36.5 Å². The Labute approximate surface area is 132 Å². The normalized spacial score (nSPS) is 15.7. The van der Waals surface area contributed by atoms with Crippen molar-refractivity contribution >= 4 is 16.8 Å². The van der Waals surface area contributed by atoms with Gasteiger partial charge in [0.2, 0.25) is 5.91 Å². The lowest BCUT2D eigenvalue weighted by molar-refractivity contribution is -0.124. The second-order valence-corrected chi connectivity index (χ2v) is 5.57. The average Bonchev–Trinajstić information content (AvgIpc) is 3.02. The van der Waals surface area contributed by atoms with Crippen LogP contribution in [0.2, 0.25) is 0 Å². The summed E-state index contributed by atoms with van der Waals surface area (Å²) >= 11 is 0. The summed E-state index contributed by atoms with van der Waals surface area (Å²) in [7, 11) is 0. The van der Waals surface area contributed by atoms with Gasteiger partial charge in [-0.2, -0.15) is 0 Å². The molecule has 2 aromatic heterocycles. The summed E-state index contributed by atoms with van der Waals surface area (Å²) in [6.45, 7) is 2.53. The Morgan fingerprint density at radius 3 is 3.04 bits per heavy atom. The van der Waals surface area contributed by atoms with E-state index in [2.05, 4.69) is 25.5 Å². The number of hydrogen-bond acceptors (Lipinski definition) is 5. The van der Waals surface area contributed by atoms with Crippen LogP contribution in [0.1, 0.15) is 5.69 Å². The number of benzene rings is 1. The van der Waals surface area contributed by atoms with Crippen molar-refractivity contribution in [2.45, 2.75) is 6.54 Å². The summed E-state index contributed by atoms with van der Waals surface area (Å²) in [4.78, 5) is 17.9. The van der Waals surface area contributed by atoms with Gasteiger partial charge in [-0.15, -0.1) is 5.10 Å². The molecule has 3 aromatic rings. The maximum absolute atomic E-state index is 11.4. The molecule has 0 atom stereocenters. The number of para-hydroxylation sites is 1. The molecule has 0 radical (unpaired) electrons. The summed E-state index contributed by atoms with van der Waals surface area (Å²) in [5.41, 5.74) is 2.63. The number of pyridine rings is 1. The monoisotopic (exact) mass is 308 g/mol. The first-order valence-electron chi connectivity index (χ1n) is 7.54. The Morgan fingerprint density at radius 1 is 1.22 bits per heavy atom. The minimum atomic E-state index is 0.0573.